The highest BCUT2D eigenvalue weighted by Crippen LogP contribution is 2.33. The van der Waals surface area contributed by atoms with Crippen LogP contribution in [0.25, 0.3) is 11.2 Å². The zero-order valence-corrected chi connectivity index (χ0v) is 16.9. The summed E-state index contributed by atoms with van der Waals surface area (Å²) in [6.45, 7) is 1.70. The fraction of sp³-hybridized carbons (Fsp3) is 0.368. The Labute approximate surface area is 180 Å². The number of aliphatic hydroxyl groups excluding tert-OH is 3. The number of phenolic OH excluding ortho intramolecular Hbond substituents is 1. The van der Waals surface area contributed by atoms with Gasteiger partial charge in [0, 0.05) is 0 Å². The number of nitrogens with zero attached hydrogens (tertiary/aromatic N) is 4. The number of fused-ring (bicyclic) bond motifs is 1. The number of phenols is 1. The Hall–Kier alpha value is -3.52. The van der Waals surface area contributed by atoms with E-state index < -0.39 is 36.7 Å². The van der Waals surface area contributed by atoms with Crippen LogP contribution in [0.5, 0.6) is 11.5 Å². The third-order valence-corrected chi connectivity index (χ3v) is 4.92. The molecule has 1 aliphatic heterocycles. The van der Waals surface area contributed by atoms with Crippen LogP contribution in [0.4, 0.5) is 5.95 Å². The second kappa shape index (κ2) is 8.92. The molecule has 0 bridgehead atoms. The van der Waals surface area contributed by atoms with E-state index in [0.29, 0.717) is 17.9 Å². The van der Waals surface area contributed by atoms with Crippen molar-refractivity contribution >= 4 is 23.3 Å². The normalized spacial score (nSPS) is 23.2. The van der Waals surface area contributed by atoms with Crippen LogP contribution in [0.2, 0.25) is 0 Å². The average molecular weight is 446 g/mol. The van der Waals surface area contributed by atoms with Gasteiger partial charge in [-0.15, -0.1) is 0 Å². The highest BCUT2D eigenvalue weighted by molar-refractivity contribution is 5.81. The maximum atomic E-state index is 12.2. The van der Waals surface area contributed by atoms with Crippen LogP contribution in [0.15, 0.2) is 34.4 Å². The van der Waals surface area contributed by atoms with Gasteiger partial charge in [0.25, 0.3) is 5.56 Å². The molecule has 0 saturated carbocycles. The molecule has 4 atom stereocenters. The molecule has 1 aromatic carbocycles. The number of anilines is 1. The molecule has 4 rings (SSSR count). The number of benzene rings is 1. The predicted octanol–water partition coefficient (Wildman–Crippen LogP) is -0.719. The number of aliphatic hydroxyl groups is 3. The number of hydrogen-bond acceptors (Lipinski definition) is 11. The van der Waals surface area contributed by atoms with E-state index in [1.165, 1.54) is 23.2 Å². The number of imidazole rings is 1. The predicted molar refractivity (Wildman–Crippen MR) is 112 cm³/mol. The van der Waals surface area contributed by atoms with Crippen molar-refractivity contribution in [3.05, 3.63) is 40.4 Å². The molecule has 0 unspecified atom stereocenters. The van der Waals surface area contributed by atoms with Crippen LogP contribution in [0, 0.1) is 0 Å². The fourth-order valence-corrected chi connectivity index (χ4v) is 3.39. The third kappa shape index (κ3) is 3.89. The zero-order chi connectivity index (χ0) is 22.8. The lowest BCUT2D eigenvalue weighted by atomic mass is 10.1. The SMILES string of the molecule is CCOc1ccc(C=NNc2nc3c(=O)[nH]cnc3n2[C@@H]2O[C@H](CO)[C@@H](O)[C@@H]2O)cc1O. The van der Waals surface area contributed by atoms with Gasteiger partial charge in [0.2, 0.25) is 5.95 Å². The molecule has 13 heteroatoms. The second-order valence-electron chi connectivity index (χ2n) is 6.97. The van der Waals surface area contributed by atoms with Crippen LogP contribution in [-0.2, 0) is 4.74 Å². The van der Waals surface area contributed by atoms with Gasteiger partial charge in [-0.1, -0.05) is 0 Å². The molecule has 2 aromatic heterocycles. The Morgan fingerprint density at radius 3 is 2.88 bits per heavy atom. The molecule has 0 radical (unpaired) electrons. The Morgan fingerprint density at radius 1 is 1.38 bits per heavy atom. The number of ether oxygens (including phenoxy) is 2. The van der Waals surface area contributed by atoms with Gasteiger partial charge in [-0.05, 0) is 30.7 Å². The Bertz CT molecular complexity index is 1190. The first kappa shape index (κ1) is 21.7. The molecule has 1 saturated heterocycles. The van der Waals surface area contributed by atoms with E-state index in [4.69, 9.17) is 9.47 Å². The lowest BCUT2D eigenvalue weighted by molar-refractivity contribution is -0.0501. The molecule has 3 heterocycles. The average Bonchev–Trinajstić information content (AvgIpc) is 3.28. The van der Waals surface area contributed by atoms with E-state index in [0.717, 1.165) is 0 Å². The van der Waals surface area contributed by atoms with E-state index in [2.05, 4.69) is 25.5 Å². The first-order valence-corrected chi connectivity index (χ1v) is 9.77. The largest absolute Gasteiger partial charge is 0.504 e. The maximum absolute atomic E-state index is 12.2. The summed E-state index contributed by atoms with van der Waals surface area (Å²) < 4.78 is 12.1. The number of aromatic hydroxyl groups is 1. The number of hydrazone groups is 1. The standard InChI is InChI=1S/C19H22N6O7/c1-2-31-11-4-3-9(5-10(11)27)6-22-24-19-23-13-16(20-8-21-17(13)30)25(19)18-15(29)14(28)12(7-26)32-18/h3-6,8,12,14-15,18,26-29H,2,7H2,1H3,(H,23,24)(H,20,21,30)/t12-,14-,15+,18-/m1/s1. The molecule has 0 spiro atoms. The first-order valence-electron chi connectivity index (χ1n) is 9.77. The fourth-order valence-electron chi connectivity index (χ4n) is 3.39. The molecule has 170 valence electrons. The summed E-state index contributed by atoms with van der Waals surface area (Å²) in [6.07, 6.45) is -2.43. The minimum Gasteiger partial charge on any atom is -0.504 e. The van der Waals surface area contributed by atoms with Gasteiger partial charge >= 0.3 is 0 Å². The van der Waals surface area contributed by atoms with Gasteiger partial charge < -0.3 is 34.9 Å². The Balaban J connectivity index is 1.66. The molecule has 32 heavy (non-hydrogen) atoms. The number of nitrogens with one attached hydrogen (secondary N) is 2. The van der Waals surface area contributed by atoms with E-state index >= 15 is 0 Å². The van der Waals surface area contributed by atoms with Crippen molar-refractivity contribution in [3.8, 4) is 11.5 Å². The van der Waals surface area contributed by atoms with E-state index in [1.54, 1.807) is 19.1 Å². The summed E-state index contributed by atoms with van der Waals surface area (Å²) in [6, 6.07) is 4.73. The van der Waals surface area contributed by atoms with Crippen LogP contribution >= 0.6 is 0 Å². The minimum atomic E-state index is -1.42. The van der Waals surface area contributed by atoms with Gasteiger partial charge in [-0.3, -0.25) is 9.36 Å². The summed E-state index contributed by atoms with van der Waals surface area (Å²) in [7, 11) is 0. The molecule has 13 nitrogen and oxygen atoms in total. The van der Waals surface area contributed by atoms with Gasteiger partial charge in [0.05, 0.1) is 25.8 Å². The monoisotopic (exact) mass is 446 g/mol. The summed E-state index contributed by atoms with van der Waals surface area (Å²) in [5.74, 6) is 0.296. The summed E-state index contributed by atoms with van der Waals surface area (Å²) in [4.78, 5) is 22.9. The summed E-state index contributed by atoms with van der Waals surface area (Å²) in [5.41, 5.74) is 2.73. The van der Waals surface area contributed by atoms with Crippen molar-refractivity contribution in [2.24, 2.45) is 5.10 Å². The van der Waals surface area contributed by atoms with Gasteiger partial charge in [0.15, 0.2) is 28.9 Å². The van der Waals surface area contributed by atoms with Crippen LogP contribution in [0.3, 0.4) is 0 Å². The molecule has 3 aromatic rings. The summed E-state index contributed by atoms with van der Waals surface area (Å²) >= 11 is 0. The van der Waals surface area contributed by atoms with E-state index in [1.807, 2.05) is 0 Å². The van der Waals surface area contributed by atoms with Crippen molar-refractivity contribution in [3.63, 3.8) is 0 Å². The molecule has 6 N–H and O–H groups in total. The Kier molecular flexibility index (Phi) is 6.05. The number of aromatic nitrogens is 4. The number of rotatable bonds is 7. The number of H-pyrrole nitrogens is 1. The molecular formula is C19H22N6O7. The smallest absolute Gasteiger partial charge is 0.278 e. The highest BCUT2D eigenvalue weighted by atomic mass is 16.6. The lowest BCUT2D eigenvalue weighted by Crippen LogP contribution is -2.33. The number of aromatic amines is 1. The zero-order valence-electron chi connectivity index (χ0n) is 16.9. The Morgan fingerprint density at radius 2 is 2.19 bits per heavy atom. The van der Waals surface area contributed by atoms with Crippen molar-refractivity contribution < 1.29 is 29.9 Å². The van der Waals surface area contributed by atoms with E-state index in [9.17, 15) is 25.2 Å². The van der Waals surface area contributed by atoms with Crippen molar-refractivity contribution in [1.82, 2.24) is 19.5 Å². The summed E-state index contributed by atoms with van der Waals surface area (Å²) in [5, 5.41) is 44.0. The third-order valence-electron chi connectivity index (χ3n) is 4.92. The minimum absolute atomic E-state index is 0.00504. The molecule has 0 aliphatic carbocycles. The van der Waals surface area contributed by atoms with Gasteiger partial charge in [-0.25, -0.2) is 15.4 Å². The van der Waals surface area contributed by atoms with Crippen molar-refractivity contribution in [1.29, 1.82) is 0 Å². The van der Waals surface area contributed by atoms with Crippen LogP contribution in [-0.4, -0.2) is 77.7 Å². The van der Waals surface area contributed by atoms with Crippen molar-refractivity contribution in [2.75, 3.05) is 18.6 Å². The topological polar surface area (TPSA) is 187 Å². The van der Waals surface area contributed by atoms with Gasteiger partial charge in [-0.2, -0.15) is 5.10 Å². The molecule has 0 amide bonds. The lowest BCUT2D eigenvalue weighted by Gasteiger charge is -2.18. The van der Waals surface area contributed by atoms with E-state index in [-0.39, 0.29) is 22.9 Å². The van der Waals surface area contributed by atoms with Crippen molar-refractivity contribution in [2.45, 2.75) is 31.5 Å². The highest BCUT2D eigenvalue weighted by Gasteiger charge is 2.45. The quantitative estimate of drug-likeness (QED) is 0.200. The molecule has 1 aliphatic rings. The number of hydrogen-bond donors (Lipinski definition) is 6. The maximum Gasteiger partial charge on any atom is 0.278 e. The van der Waals surface area contributed by atoms with Gasteiger partial charge in [0.1, 0.15) is 18.3 Å². The first-order chi connectivity index (χ1) is 15.4. The van der Waals surface area contributed by atoms with Crippen LogP contribution < -0.4 is 15.7 Å². The second-order valence-corrected chi connectivity index (χ2v) is 6.97. The molecule has 1 fully saturated rings. The molecular weight excluding hydrogens is 424 g/mol. The van der Waals surface area contributed by atoms with Crippen LogP contribution in [0.1, 0.15) is 18.7 Å².